The number of hydrogen-bond acceptors (Lipinski definition) is 9. The van der Waals surface area contributed by atoms with Crippen molar-refractivity contribution in [3.63, 3.8) is 0 Å². The van der Waals surface area contributed by atoms with Gasteiger partial charge in [0.25, 0.3) is 21.9 Å². The third kappa shape index (κ3) is 7.66. The van der Waals surface area contributed by atoms with Crippen LogP contribution < -0.4 is 5.32 Å². The van der Waals surface area contributed by atoms with Gasteiger partial charge in [-0.15, -0.1) is 0 Å². The highest BCUT2D eigenvalue weighted by molar-refractivity contribution is 7.86. The summed E-state index contributed by atoms with van der Waals surface area (Å²) in [5.74, 6) is -2.67. The van der Waals surface area contributed by atoms with Crippen molar-refractivity contribution in [3.05, 3.63) is 167 Å². The van der Waals surface area contributed by atoms with Gasteiger partial charge in [0.1, 0.15) is 29.9 Å². The third-order valence-electron chi connectivity index (χ3n) is 11.5. The molecule has 320 valence electrons. The Labute approximate surface area is 359 Å². The summed E-state index contributed by atoms with van der Waals surface area (Å²) >= 11 is 0. The molecule has 0 radical (unpaired) electrons. The Balaban J connectivity index is 1.22. The summed E-state index contributed by atoms with van der Waals surface area (Å²) in [6.07, 6.45) is -5.17. The number of imide groups is 1. The van der Waals surface area contributed by atoms with Gasteiger partial charge in [0.15, 0.2) is 12.3 Å². The molecule has 15 heteroatoms. The molecule has 0 aliphatic carbocycles. The maximum Gasteiger partial charge on any atom is 0.264 e. The summed E-state index contributed by atoms with van der Waals surface area (Å²) in [5.41, 5.74) is 3.71. The quantitative estimate of drug-likeness (QED) is 0.0865. The van der Waals surface area contributed by atoms with Gasteiger partial charge in [-0.3, -0.25) is 19.1 Å². The van der Waals surface area contributed by atoms with Gasteiger partial charge in [0.05, 0.1) is 60.4 Å². The first-order valence-electron chi connectivity index (χ1n) is 20.2. The van der Waals surface area contributed by atoms with Crippen LogP contribution >= 0.6 is 0 Å². The first kappa shape index (κ1) is 40.7. The standard InChI is InChI=1S/C48H39F2N3O9S/c1-63(56,57)62-45-44(60-25-29-15-9-4-10-16-29)43(59-24-28-13-7-3-8-14-28)36(26-58-23-27-11-5-2-6-12-27)61-48(45)53-35-20-18-31(50)22-33(35)38-40-39(46(54)52-47(40)55)37-32-21-30(49)17-19-34(32)51-41(37)42(38)53/h2-22,36,43-45,48,51H,23-26H2,1H3,(H,52,54,55)/t36-,43-,44+,45-,48-/m1/s1. The van der Waals surface area contributed by atoms with Crippen LogP contribution in [0.2, 0.25) is 0 Å². The number of carbonyl (C=O) groups excluding carboxylic acids is 2. The summed E-state index contributed by atoms with van der Waals surface area (Å²) in [7, 11) is -4.31. The van der Waals surface area contributed by atoms with Gasteiger partial charge in [-0.05, 0) is 53.1 Å². The average Bonchev–Trinajstić information content (AvgIpc) is 3.91. The van der Waals surface area contributed by atoms with Crippen molar-refractivity contribution < 1.29 is 49.9 Å². The molecule has 5 atom stereocenters. The Morgan fingerprint density at radius 3 is 1.84 bits per heavy atom. The Morgan fingerprint density at radius 2 is 1.22 bits per heavy atom. The van der Waals surface area contributed by atoms with Crippen LogP contribution in [0.25, 0.3) is 43.6 Å². The van der Waals surface area contributed by atoms with E-state index in [0.29, 0.717) is 16.4 Å². The zero-order chi connectivity index (χ0) is 43.4. The Hall–Kier alpha value is -6.33. The predicted octanol–water partition coefficient (Wildman–Crippen LogP) is 8.22. The molecule has 2 aliphatic rings. The van der Waals surface area contributed by atoms with Crippen LogP contribution in [0.5, 0.6) is 0 Å². The molecule has 6 aromatic carbocycles. The summed E-state index contributed by atoms with van der Waals surface area (Å²) < 4.78 is 92.1. The summed E-state index contributed by atoms with van der Waals surface area (Å²) in [4.78, 5) is 30.9. The van der Waals surface area contributed by atoms with E-state index in [2.05, 4.69) is 10.3 Å². The predicted molar refractivity (Wildman–Crippen MR) is 230 cm³/mol. The Kier molecular flexibility index (Phi) is 10.6. The summed E-state index contributed by atoms with van der Waals surface area (Å²) in [6, 6.07) is 36.3. The van der Waals surface area contributed by atoms with Crippen LogP contribution in [0.1, 0.15) is 43.6 Å². The van der Waals surface area contributed by atoms with E-state index < -0.39 is 64.2 Å². The van der Waals surface area contributed by atoms with Gasteiger partial charge >= 0.3 is 0 Å². The topological polar surface area (TPSA) is 147 Å². The highest BCUT2D eigenvalue weighted by Gasteiger charge is 2.52. The van der Waals surface area contributed by atoms with Crippen LogP contribution in [0.15, 0.2) is 127 Å². The van der Waals surface area contributed by atoms with Crippen LogP contribution in [-0.4, -0.2) is 67.1 Å². The number of benzene rings is 6. The lowest BCUT2D eigenvalue weighted by Crippen LogP contribution is -2.59. The molecule has 8 aromatic rings. The fourth-order valence-electron chi connectivity index (χ4n) is 8.92. The van der Waals surface area contributed by atoms with E-state index in [-0.39, 0.29) is 64.7 Å². The van der Waals surface area contributed by atoms with E-state index in [9.17, 15) is 18.0 Å². The highest BCUT2D eigenvalue weighted by Crippen LogP contribution is 2.47. The molecular formula is C48H39F2N3O9S. The highest BCUT2D eigenvalue weighted by atomic mass is 32.2. The monoisotopic (exact) mass is 871 g/mol. The maximum atomic E-state index is 15.5. The molecule has 2 aliphatic heterocycles. The number of ether oxygens (including phenoxy) is 4. The number of fused-ring (bicyclic) bond motifs is 10. The number of nitrogens with one attached hydrogen (secondary N) is 2. The van der Waals surface area contributed by atoms with Gasteiger partial charge < -0.3 is 28.5 Å². The molecule has 0 spiro atoms. The second-order valence-corrected chi connectivity index (χ2v) is 17.3. The molecular weight excluding hydrogens is 833 g/mol. The minimum absolute atomic E-state index is 0.0106. The second kappa shape index (κ2) is 16.4. The molecule has 2 N–H and O–H groups in total. The van der Waals surface area contributed by atoms with Crippen molar-refractivity contribution in [1.82, 2.24) is 14.9 Å². The fraction of sp³-hybridized carbons (Fsp3) is 0.208. The van der Waals surface area contributed by atoms with Crippen molar-refractivity contribution in [2.75, 3.05) is 12.9 Å². The van der Waals surface area contributed by atoms with E-state index in [4.69, 9.17) is 23.1 Å². The molecule has 0 saturated carbocycles. The van der Waals surface area contributed by atoms with Crippen LogP contribution in [0.4, 0.5) is 8.78 Å². The van der Waals surface area contributed by atoms with Crippen LogP contribution in [0.3, 0.4) is 0 Å². The molecule has 0 bridgehead atoms. The maximum absolute atomic E-state index is 15.5. The molecule has 63 heavy (non-hydrogen) atoms. The van der Waals surface area contributed by atoms with Gasteiger partial charge in [-0.1, -0.05) is 91.0 Å². The SMILES string of the molecule is CS(=O)(=O)O[C@@H]1[C@@H](OCc2ccccc2)[C@H](OCc2ccccc2)[C@@H](COCc2ccccc2)O[C@H]1n1c2ccc(F)cc2c2c3c(c4c5cc(F)ccc5[nH]c4c21)C(=O)NC3=O. The number of amides is 2. The fourth-order valence-corrected chi connectivity index (χ4v) is 9.52. The Bertz CT molecular complexity index is 3160. The largest absolute Gasteiger partial charge is 0.374 e. The van der Waals surface area contributed by atoms with Crippen molar-refractivity contribution in [2.24, 2.45) is 0 Å². The van der Waals surface area contributed by atoms with Gasteiger partial charge in [0.2, 0.25) is 0 Å². The number of rotatable bonds is 13. The summed E-state index contributed by atoms with van der Waals surface area (Å²) in [5, 5.41) is 3.34. The molecule has 2 amide bonds. The van der Waals surface area contributed by atoms with E-state index in [1.165, 1.54) is 36.4 Å². The first-order valence-corrected chi connectivity index (χ1v) is 22.1. The molecule has 2 aromatic heterocycles. The average molecular weight is 872 g/mol. The zero-order valence-electron chi connectivity index (χ0n) is 33.6. The van der Waals surface area contributed by atoms with Crippen molar-refractivity contribution in [3.8, 4) is 0 Å². The first-order chi connectivity index (χ1) is 30.5. The number of hydrogen-bond donors (Lipinski definition) is 2. The minimum atomic E-state index is -4.31. The molecule has 1 saturated heterocycles. The van der Waals surface area contributed by atoms with Crippen molar-refractivity contribution in [2.45, 2.75) is 50.5 Å². The number of aromatic amines is 1. The normalized spacial score (nSPS) is 20.3. The number of carbonyl (C=O) groups is 2. The van der Waals surface area contributed by atoms with Crippen molar-refractivity contribution >= 4 is 65.5 Å². The third-order valence-corrected chi connectivity index (χ3v) is 12.1. The Morgan fingerprint density at radius 1 is 0.667 bits per heavy atom. The lowest BCUT2D eigenvalue weighted by molar-refractivity contribution is -0.271. The number of aromatic nitrogens is 2. The smallest absolute Gasteiger partial charge is 0.264 e. The molecule has 0 unspecified atom stereocenters. The lowest BCUT2D eigenvalue weighted by Gasteiger charge is -2.46. The molecule has 12 nitrogen and oxygen atoms in total. The minimum Gasteiger partial charge on any atom is -0.374 e. The molecule has 4 heterocycles. The lowest BCUT2D eigenvalue weighted by atomic mass is 9.96. The van der Waals surface area contributed by atoms with Gasteiger partial charge in [-0.2, -0.15) is 8.42 Å². The van der Waals surface area contributed by atoms with Gasteiger partial charge in [-0.25, -0.2) is 8.78 Å². The van der Waals surface area contributed by atoms with Gasteiger partial charge in [0, 0.05) is 27.1 Å². The summed E-state index contributed by atoms with van der Waals surface area (Å²) in [6.45, 7) is 0.227. The molecule has 10 rings (SSSR count). The van der Waals surface area contributed by atoms with Crippen molar-refractivity contribution in [1.29, 1.82) is 0 Å². The van der Waals surface area contributed by atoms with E-state index in [0.717, 1.165) is 22.9 Å². The number of nitrogens with zero attached hydrogens (tertiary/aromatic N) is 1. The second-order valence-electron chi connectivity index (χ2n) is 15.7. The van der Waals surface area contributed by atoms with Crippen LogP contribution in [-0.2, 0) is 53.1 Å². The van der Waals surface area contributed by atoms with E-state index in [1.807, 2.05) is 91.0 Å². The molecule has 1 fully saturated rings. The zero-order valence-corrected chi connectivity index (χ0v) is 34.4. The van der Waals surface area contributed by atoms with Crippen LogP contribution in [0, 0.1) is 11.6 Å². The van der Waals surface area contributed by atoms with E-state index >= 15 is 8.78 Å². The number of halogens is 2. The number of H-pyrrole nitrogens is 1. The van der Waals surface area contributed by atoms with E-state index in [1.54, 1.807) is 4.57 Å².